The number of hydrogen-bond acceptors (Lipinski definition) is 8. The highest BCUT2D eigenvalue weighted by atomic mass is 32.2. The molecule has 3 heterocycles. The van der Waals surface area contributed by atoms with E-state index < -0.39 is 0 Å². The number of carbonyl (C=O) groups is 2. The van der Waals surface area contributed by atoms with Crippen LogP contribution in [0.25, 0.3) is 0 Å². The molecule has 2 saturated heterocycles. The van der Waals surface area contributed by atoms with Gasteiger partial charge in [0.05, 0.1) is 19.0 Å². The number of rotatable bonds is 5. The summed E-state index contributed by atoms with van der Waals surface area (Å²) in [6.07, 6.45) is 2.06. The monoisotopic (exact) mass is 397 g/mol. The molecule has 3 fully saturated rings. The third kappa shape index (κ3) is 4.29. The van der Waals surface area contributed by atoms with Gasteiger partial charge >= 0.3 is 0 Å². The first kappa shape index (κ1) is 18.0. The summed E-state index contributed by atoms with van der Waals surface area (Å²) in [7, 11) is 0. The molecular formula is C16H23N5O3S2. The maximum Gasteiger partial charge on any atom is 0.233 e. The standard InChI is InChI=1S/C16H23N5O3S2/c22-13(19-3-5-20(6-4-19)14(23)12-1-2-12)11-25-16-18-17-15(26-16)21-7-9-24-10-8-21/h12H,1-11H2. The van der Waals surface area contributed by atoms with Crippen molar-refractivity contribution in [2.75, 3.05) is 63.1 Å². The van der Waals surface area contributed by atoms with Gasteiger partial charge in [-0.25, -0.2) is 0 Å². The van der Waals surface area contributed by atoms with Crippen molar-refractivity contribution in [2.24, 2.45) is 5.92 Å². The molecule has 1 saturated carbocycles. The van der Waals surface area contributed by atoms with Gasteiger partial charge in [-0.05, 0) is 12.8 Å². The summed E-state index contributed by atoms with van der Waals surface area (Å²) in [6.45, 7) is 5.69. The van der Waals surface area contributed by atoms with Crippen LogP contribution in [-0.2, 0) is 14.3 Å². The van der Waals surface area contributed by atoms with E-state index in [1.807, 2.05) is 9.80 Å². The van der Waals surface area contributed by atoms with E-state index in [-0.39, 0.29) is 17.7 Å². The topological polar surface area (TPSA) is 78.9 Å². The average molecular weight is 398 g/mol. The highest BCUT2D eigenvalue weighted by molar-refractivity contribution is 8.01. The van der Waals surface area contributed by atoms with Crippen LogP contribution in [-0.4, -0.2) is 90.0 Å². The third-order valence-electron chi connectivity index (χ3n) is 4.87. The Morgan fingerprint density at radius 3 is 2.42 bits per heavy atom. The Labute approximate surface area is 160 Å². The lowest BCUT2D eigenvalue weighted by atomic mass is 10.2. The quantitative estimate of drug-likeness (QED) is 0.671. The summed E-state index contributed by atoms with van der Waals surface area (Å²) in [5.41, 5.74) is 0. The Kier molecular flexibility index (Phi) is 5.60. The predicted molar refractivity (Wildman–Crippen MR) is 99.5 cm³/mol. The first-order chi connectivity index (χ1) is 12.7. The average Bonchev–Trinajstić information content (AvgIpc) is 3.44. The fourth-order valence-corrected chi connectivity index (χ4v) is 4.92. The normalized spacial score (nSPS) is 21.2. The Morgan fingerprint density at radius 1 is 1.04 bits per heavy atom. The van der Waals surface area contributed by atoms with E-state index in [0.29, 0.717) is 31.9 Å². The van der Waals surface area contributed by atoms with Crippen molar-refractivity contribution in [3.8, 4) is 0 Å². The van der Waals surface area contributed by atoms with Crippen LogP contribution in [0.1, 0.15) is 12.8 Å². The van der Waals surface area contributed by atoms with Gasteiger partial charge in [0.15, 0.2) is 4.34 Å². The number of anilines is 1. The number of ether oxygens (including phenoxy) is 1. The number of aromatic nitrogens is 2. The van der Waals surface area contributed by atoms with Crippen LogP contribution in [0.2, 0.25) is 0 Å². The van der Waals surface area contributed by atoms with E-state index >= 15 is 0 Å². The number of carbonyl (C=O) groups excluding carboxylic acids is 2. The van der Waals surface area contributed by atoms with E-state index in [9.17, 15) is 9.59 Å². The molecule has 1 aliphatic carbocycles. The molecule has 0 radical (unpaired) electrons. The summed E-state index contributed by atoms with van der Waals surface area (Å²) < 4.78 is 6.17. The van der Waals surface area contributed by atoms with Crippen molar-refractivity contribution in [3.05, 3.63) is 0 Å². The molecule has 4 rings (SSSR count). The van der Waals surface area contributed by atoms with Gasteiger partial charge in [0, 0.05) is 45.2 Å². The van der Waals surface area contributed by atoms with Crippen LogP contribution in [0.4, 0.5) is 5.13 Å². The summed E-state index contributed by atoms with van der Waals surface area (Å²) in [4.78, 5) is 30.4. The van der Waals surface area contributed by atoms with Gasteiger partial charge in [-0.2, -0.15) is 0 Å². The minimum absolute atomic E-state index is 0.108. The zero-order valence-corrected chi connectivity index (χ0v) is 16.3. The zero-order valence-electron chi connectivity index (χ0n) is 14.6. The molecule has 0 atom stereocenters. The molecule has 3 aliphatic rings. The maximum atomic E-state index is 12.4. The number of amides is 2. The second-order valence-electron chi connectivity index (χ2n) is 6.72. The highest BCUT2D eigenvalue weighted by Gasteiger charge is 2.35. The maximum absolute atomic E-state index is 12.4. The second kappa shape index (κ2) is 8.10. The molecule has 2 aliphatic heterocycles. The van der Waals surface area contributed by atoms with E-state index in [1.165, 1.54) is 23.1 Å². The molecule has 1 aromatic heterocycles. The minimum Gasteiger partial charge on any atom is -0.378 e. The molecule has 0 aromatic carbocycles. The number of hydrogen-bond donors (Lipinski definition) is 0. The number of piperazine rings is 1. The zero-order chi connectivity index (χ0) is 17.9. The second-order valence-corrected chi connectivity index (χ2v) is 8.90. The Balaban J connectivity index is 1.21. The molecule has 26 heavy (non-hydrogen) atoms. The van der Waals surface area contributed by atoms with Crippen LogP contribution in [0.3, 0.4) is 0 Å². The van der Waals surface area contributed by atoms with Crippen molar-refractivity contribution >= 4 is 40.0 Å². The molecular weight excluding hydrogens is 374 g/mol. The van der Waals surface area contributed by atoms with Gasteiger partial charge in [0.2, 0.25) is 16.9 Å². The lowest BCUT2D eigenvalue weighted by Crippen LogP contribution is -2.51. The molecule has 10 heteroatoms. The summed E-state index contributed by atoms with van der Waals surface area (Å²) in [6, 6.07) is 0. The summed E-state index contributed by atoms with van der Waals surface area (Å²) in [5, 5.41) is 9.33. The molecule has 0 bridgehead atoms. The number of nitrogens with zero attached hydrogens (tertiary/aromatic N) is 5. The molecule has 142 valence electrons. The van der Waals surface area contributed by atoms with Gasteiger partial charge in [0.1, 0.15) is 0 Å². The minimum atomic E-state index is 0.108. The Bertz CT molecular complexity index is 652. The fraction of sp³-hybridized carbons (Fsp3) is 0.750. The lowest BCUT2D eigenvalue weighted by molar-refractivity contribution is -0.139. The largest absolute Gasteiger partial charge is 0.378 e. The smallest absolute Gasteiger partial charge is 0.233 e. The molecule has 8 nitrogen and oxygen atoms in total. The van der Waals surface area contributed by atoms with Crippen LogP contribution in [0, 0.1) is 5.92 Å². The first-order valence-corrected chi connectivity index (χ1v) is 10.9. The van der Waals surface area contributed by atoms with E-state index in [0.717, 1.165) is 48.6 Å². The van der Waals surface area contributed by atoms with Crippen LogP contribution in [0.15, 0.2) is 4.34 Å². The van der Waals surface area contributed by atoms with Gasteiger partial charge in [0.25, 0.3) is 0 Å². The van der Waals surface area contributed by atoms with E-state index in [2.05, 4.69) is 15.1 Å². The molecule has 1 aromatic rings. The predicted octanol–water partition coefficient (Wildman–Crippen LogP) is 0.548. The molecule has 0 N–H and O–H groups in total. The van der Waals surface area contributed by atoms with Crippen LogP contribution >= 0.6 is 23.1 Å². The van der Waals surface area contributed by atoms with Gasteiger partial charge in [-0.3, -0.25) is 9.59 Å². The van der Waals surface area contributed by atoms with Gasteiger partial charge < -0.3 is 19.4 Å². The van der Waals surface area contributed by atoms with Crippen molar-refractivity contribution < 1.29 is 14.3 Å². The van der Waals surface area contributed by atoms with Crippen LogP contribution in [0.5, 0.6) is 0 Å². The Hall–Kier alpha value is -1.39. The molecule has 2 amide bonds. The lowest BCUT2D eigenvalue weighted by Gasteiger charge is -2.34. The molecule has 0 unspecified atom stereocenters. The Morgan fingerprint density at radius 2 is 1.73 bits per heavy atom. The highest BCUT2D eigenvalue weighted by Crippen LogP contribution is 2.31. The van der Waals surface area contributed by atoms with Crippen LogP contribution < -0.4 is 4.90 Å². The summed E-state index contributed by atoms with van der Waals surface area (Å²) in [5.74, 6) is 1.01. The number of thioether (sulfide) groups is 1. The van der Waals surface area contributed by atoms with Gasteiger partial charge in [-0.15, -0.1) is 10.2 Å². The van der Waals surface area contributed by atoms with Crippen molar-refractivity contribution in [1.29, 1.82) is 0 Å². The third-order valence-corrected chi connectivity index (χ3v) is 6.97. The SMILES string of the molecule is O=C(CSc1nnc(N2CCOCC2)s1)N1CCN(C(=O)C2CC2)CC1. The number of morpholine rings is 1. The van der Waals surface area contributed by atoms with E-state index in [4.69, 9.17) is 4.74 Å². The van der Waals surface area contributed by atoms with E-state index in [1.54, 1.807) is 0 Å². The first-order valence-electron chi connectivity index (χ1n) is 9.06. The summed E-state index contributed by atoms with van der Waals surface area (Å²) >= 11 is 2.97. The van der Waals surface area contributed by atoms with Crippen molar-refractivity contribution in [3.63, 3.8) is 0 Å². The van der Waals surface area contributed by atoms with Crippen molar-refractivity contribution in [1.82, 2.24) is 20.0 Å². The fourth-order valence-electron chi connectivity index (χ4n) is 3.12. The molecule has 0 spiro atoms. The van der Waals surface area contributed by atoms with Gasteiger partial charge in [-0.1, -0.05) is 23.1 Å². The van der Waals surface area contributed by atoms with Crippen molar-refractivity contribution in [2.45, 2.75) is 17.2 Å².